The largest absolute Gasteiger partial charge is 0.454 e. The Kier molecular flexibility index (Phi) is 5.45. The number of hydrogen-bond donors (Lipinski definition) is 1. The zero-order valence-corrected chi connectivity index (χ0v) is 18.0. The lowest BCUT2D eigenvalue weighted by Gasteiger charge is -2.31. The van der Waals surface area contributed by atoms with Gasteiger partial charge in [0.05, 0.1) is 5.75 Å². The van der Waals surface area contributed by atoms with Gasteiger partial charge in [-0.2, -0.15) is 0 Å². The van der Waals surface area contributed by atoms with Gasteiger partial charge in [-0.25, -0.2) is 0 Å². The van der Waals surface area contributed by atoms with Gasteiger partial charge in [0.15, 0.2) is 16.7 Å². The van der Waals surface area contributed by atoms with E-state index in [0.717, 1.165) is 47.2 Å². The third kappa shape index (κ3) is 4.21. The van der Waals surface area contributed by atoms with Gasteiger partial charge in [0.2, 0.25) is 18.6 Å². The molecule has 0 bridgehead atoms. The minimum absolute atomic E-state index is 0.0173. The summed E-state index contributed by atoms with van der Waals surface area (Å²) < 4.78 is 13.0. The van der Waals surface area contributed by atoms with Crippen molar-refractivity contribution >= 4 is 23.6 Å². The highest BCUT2D eigenvalue weighted by atomic mass is 32.2. The van der Waals surface area contributed by atoms with Crippen LogP contribution in [-0.4, -0.2) is 46.3 Å². The van der Waals surface area contributed by atoms with Crippen LogP contribution in [0.3, 0.4) is 0 Å². The van der Waals surface area contributed by atoms with Crippen molar-refractivity contribution in [1.82, 2.24) is 20.1 Å². The average molecular weight is 430 g/mol. The van der Waals surface area contributed by atoms with E-state index >= 15 is 0 Å². The molecule has 160 valence electrons. The number of benzene rings is 1. The Bertz CT molecular complexity index is 921. The molecule has 5 rings (SSSR count). The lowest BCUT2D eigenvalue weighted by Crippen LogP contribution is -2.34. The van der Waals surface area contributed by atoms with Crippen LogP contribution in [0.5, 0.6) is 11.5 Å². The van der Waals surface area contributed by atoms with Crippen LogP contribution < -0.4 is 19.7 Å². The molecule has 9 heteroatoms. The van der Waals surface area contributed by atoms with Gasteiger partial charge in [-0.15, -0.1) is 10.2 Å². The Morgan fingerprint density at radius 2 is 1.97 bits per heavy atom. The second-order valence-corrected chi connectivity index (χ2v) is 9.25. The summed E-state index contributed by atoms with van der Waals surface area (Å²) in [5.74, 6) is 3.55. The van der Waals surface area contributed by atoms with E-state index in [1.165, 1.54) is 37.4 Å². The normalized spacial score (nSPS) is 18.6. The van der Waals surface area contributed by atoms with E-state index in [2.05, 4.69) is 31.9 Å². The Balaban J connectivity index is 1.17. The Hall–Kier alpha value is -2.42. The zero-order valence-electron chi connectivity index (χ0n) is 17.2. The molecule has 1 N–H and O–H groups in total. The van der Waals surface area contributed by atoms with E-state index in [0.29, 0.717) is 18.3 Å². The Labute approximate surface area is 180 Å². The summed E-state index contributed by atoms with van der Waals surface area (Å²) >= 11 is 1.47. The average Bonchev–Trinajstić information content (AvgIpc) is 3.33. The standard InChI is InChI=1S/C21H27N5O3S/c1-14-6-8-25(9-7-14)20-23-24-21(26(20)16-3-4-16)30-12-19(27)22-11-15-2-5-17-18(10-15)29-13-28-17/h2,5,10,14,16H,3-4,6-9,11-13H2,1H3,(H,22,27). The van der Waals surface area contributed by atoms with Crippen LogP contribution in [0.15, 0.2) is 23.4 Å². The van der Waals surface area contributed by atoms with Crippen LogP contribution in [0.1, 0.15) is 44.2 Å². The number of amides is 1. The fraction of sp³-hybridized carbons (Fsp3) is 0.571. The molecule has 1 saturated carbocycles. The molecule has 1 saturated heterocycles. The molecule has 2 aromatic rings. The Morgan fingerprint density at radius 1 is 1.17 bits per heavy atom. The van der Waals surface area contributed by atoms with Gasteiger partial charge in [0, 0.05) is 25.7 Å². The van der Waals surface area contributed by atoms with Gasteiger partial charge in [0.1, 0.15) is 0 Å². The lowest BCUT2D eigenvalue weighted by atomic mass is 10.00. The van der Waals surface area contributed by atoms with E-state index in [1.807, 2.05) is 18.2 Å². The fourth-order valence-corrected chi connectivity index (χ4v) is 4.71. The van der Waals surface area contributed by atoms with Gasteiger partial charge < -0.3 is 19.7 Å². The maximum Gasteiger partial charge on any atom is 0.231 e. The summed E-state index contributed by atoms with van der Waals surface area (Å²) in [4.78, 5) is 14.8. The summed E-state index contributed by atoms with van der Waals surface area (Å²) in [6.07, 6.45) is 4.73. The number of carbonyl (C=O) groups is 1. The number of anilines is 1. The molecule has 3 heterocycles. The molecular formula is C21H27N5O3S. The molecule has 1 aromatic heterocycles. The van der Waals surface area contributed by atoms with E-state index in [4.69, 9.17) is 9.47 Å². The minimum atomic E-state index is -0.0173. The first kappa shape index (κ1) is 19.5. The number of thioether (sulfide) groups is 1. The van der Waals surface area contributed by atoms with Crippen molar-refractivity contribution < 1.29 is 14.3 Å². The van der Waals surface area contributed by atoms with Crippen LogP contribution >= 0.6 is 11.8 Å². The summed E-state index contributed by atoms with van der Waals surface area (Å²) in [6, 6.07) is 6.20. The highest BCUT2D eigenvalue weighted by molar-refractivity contribution is 7.99. The van der Waals surface area contributed by atoms with Crippen molar-refractivity contribution in [1.29, 1.82) is 0 Å². The maximum atomic E-state index is 12.4. The monoisotopic (exact) mass is 429 g/mol. The summed E-state index contributed by atoms with van der Waals surface area (Å²) in [7, 11) is 0. The van der Waals surface area contributed by atoms with Crippen LogP contribution in [0, 0.1) is 5.92 Å². The predicted octanol–water partition coefficient (Wildman–Crippen LogP) is 2.99. The van der Waals surface area contributed by atoms with Crippen molar-refractivity contribution in [3.8, 4) is 11.5 Å². The molecule has 0 unspecified atom stereocenters. The number of aromatic nitrogens is 3. The number of piperidine rings is 1. The molecule has 8 nitrogen and oxygen atoms in total. The number of rotatable bonds is 7. The van der Waals surface area contributed by atoms with Crippen molar-refractivity contribution in [2.45, 2.75) is 50.4 Å². The van der Waals surface area contributed by atoms with Gasteiger partial charge >= 0.3 is 0 Å². The quantitative estimate of drug-likeness (QED) is 0.678. The molecule has 1 aromatic carbocycles. The number of carbonyl (C=O) groups excluding carboxylic acids is 1. The van der Waals surface area contributed by atoms with Crippen molar-refractivity contribution in [3.05, 3.63) is 23.8 Å². The SMILES string of the molecule is CC1CCN(c2nnc(SCC(=O)NCc3ccc4c(c3)OCO4)n2C2CC2)CC1. The van der Waals surface area contributed by atoms with Crippen LogP contribution in [0.2, 0.25) is 0 Å². The molecule has 3 aliphatic rings. The maximum absolute atomic E-state index is 12.4. The van der Waals surface area contributed by atoms with Gasteiger partial charge in [0.25, 0.3) is 0 Å². The number of hydrogen-bond acceptors (Lipinski definition) is 7. The molecule has 1 amide bonds. The van der Waals surface area contributed by atoms with Gasteiger partial charge in [-0.3, -0.25) is 9.36 Å². The number of nitrogens with zero attached hydrogens (tertiary/aromatic N) is 4. The van der Waals surface area contributed by atoms with Crippen molar-refractivity contribution in [2.75, 3.05) is 30.5 Å². The highest BCUT2D eigenvalue weighted by Gasteiger charge is 2.32. The molecular weight excluding hydrogens is 402 g/mol. The third-order valence-corrected chi connectivity index (χ3v) is 6.83. The van der Waals surface area contributed by atoms with Crippen LogP contribution in [-0.2, 0) is 11.3 Å². The van der Waals surface area contributed by atoms with Crippen molar-refractivity contribution in [2.24, 2.45) is 5.92 Å². The first-order valence-corrected chi connectivity index (χ1v) is 11.6. The van der Waals surface area contributed by atoms with E-state index < -0.39 is 0 Å². The summed E-state index contributed by atoms with van der Waals surface area (Å²) in [6.45, 7) is 5.09. The van der Waals surface area contributed by atoms with Gasteiger partial charge in [-0.1, -0.05) is 24.8 Å². The first-order valence-electron chi connectivity index (χ1n) is 10.7. The minimum Gasteiger partial charge on any atom is -0.454 e. The molecule has 0 atom stereocenters. The first-order chi connectivity index (χ1) is 14.7. The topological polar surface area (TPSA) is 81.5 Å². The van der Waals surface area contributed by atoms with E-state index in [1.54, 1.807) is 0 Å². The summed E-state index contributed by atoms with van der Waals surface area (Å²) in [5.41, 5.74) is 0.986. The van der Waals surface area contributed by atoms with Crippen LogP contribution in [0.4, 0.5) is 5.95 Å². The van der Waals surface area contributed by atoms with Crippen LogP contribution in [0.25, 0.3) is 0 Å². The van der Waals surface area contributed by atoms with E-state index in [9.17, 15) is 4.79 Å². The highest BCUT2D eigenvalue weighted by Crippen LogP contribution is 2.41. The number of fused-ring (bicyclic) bond motifs is 1. The van der Waals surface area contributed by atoms with Crippen molar-refractivity contribution in [3.63, 3.8) is 0 Å². The number of ether oxygens (including phenoxy) is 2. The second kappa shape index (κ2) is 8.37. The van der Waals surface area contributed by atoms with Gasteiger partial charge in [-0.05, 0) is 49.3 Å². The molecule has 2 fully saturated rings. The Morgan fingerprint density at radius 3 is 2.77 bits per heavy atom. The molecule has 0 spiro atoms. The zero-order chi connectivity index (χ0) is 20.5. The fourth-order valence-electron chi connectivity index (χ4n) is 3.88. The lowest BCUT2D eigenvalue weighted by molar-refractivity contribution is -0.118. The predicted molar refractivity (Wildman–Crippen MR) is 114 cm³/mol. The molecule has 30 heavy (non-hydrogen) atoms. The molecule has 2 aliphatic heterocycles. The number of nitrogens with one attached hydrogen (secondary N) is 1. The molecule has 1 aliphatic carbocycles. The molecule has 0 radical (unpaired) electrons. The summed E-state index contributed by atoms with van der Waals surface area (Å²) in [5, 5.41) is 12.7. The van der Waals surface area contributed by atoms with E-state index in [-0.39, 0.29) is 12.7 Å². The third-order valence-electron chi connectivity index (χ3n) is 5.88. The second-order valence-electron chi connectivity index (χ2n) is 8.31. The smallest absolute Gasteiger partial charge is 0.231 e.